The molecule has 2 heterocycles. The predicted molar refractivity (Wildman–Crippen MR) is 124 cm³/mol. The van der Waals surface area contributed by atoms with Gasteiger partial charge in [-0.05, 0) is 29.8 Å². The highest BCUT2D eigenvalue weighted by Crippen LogP contribution is 2.27. The van der Waals surface area contributed by atoms with Crippen LogP contribution in [0.1, 0.15) is 29.8 Å². The number of nitrogens with zero attached hydrogens (tertiary/aromatic N) is 4. The first-order valence-corrected chi connectivity index (χ1v) is 10.3. The fourth-order valence-electron chi connectivity index (χ4n) is 3.31. The Bertz CT molecular complexity index is 879. The highest BCUT2D eigenvalue weighted by atomic mass is 35.5. The van der Waals surface area contributed by atoms with Gasteiger partial charge in [-0.3, -0.25) is 14.5 Å². The van der Waals surface area contributed by atoms with Gasteiger partial charge in [0.05, 0.1) is 5.92 Å². The number of halogens is 1. The van der Waals surface area contributed by atoms with E-state index in [1.165, 1.54) is 5.56 Å². The van der Waals surface area contributed by atoms with Crippen molar-refractivity contribution in [3.05, 3.63) is 53.7 Å². The number of ether oxygens (including phenoxy) is 1. The maximum Gasteiger partial charge on any atom is 0.313 e. The summed E-state index contributed by atoms with van der Waals surface area (Å²) < 4.78 is 5.54. The molecule has 31 heavy (non-hydrogen) atoms. The van der Waals surface area contributed by atoms with Crippen LogP contribution in [0.4, 0.5) is 5.82 Å². The molecule has 1 aromatic carbocycles. The zero-order valence-corrected chi connectivity index (χ0v) is 19.4. The molecule has 0 radical (unpaired) electrons. The van der Waals surface area contributed by atoms with Crippen LogP contribution in [-0.4, -0.2) is 66.9 Å². The van der Waals surface area contributed by atoms with Gasteiger partial charge in [0.1, 0.15) is 0 Å². The number of carbonyl (C=O) groups excluding carboxylic acids is 2. The van der Waals surface area contributed by atoms with Crippen LogP contribution < -0.4 is 9.64 Å². The standard InChI is InChI=1S/C23H30N4O3.ClH/c1-17(2)23(29)30-20-6-5-11-24-21(20)27-14-12-26(13-15-27)16-18-7-9-19(10-8-18)22(28)25(3)4;/h5-11,17H,12-16H2,1-4H3;1H. The number of benzene rings is 1. The minimum Gasteiger partial charge on any atom is -0.422 e. The van der Waals surface area contributed by atoms with Crippen molar-refractivity contribution in [1.82, 2.24) is 14.8 Å². The minimum absolute atomic E-state index is 0. The van der Waals surface area contributed by atoms with Gasteiger partial charge in [-0.25, -0.2) is 4.98 Å². The molecule has 2 aromatic rings. The number of pyridine rings is 1. The maximum atomic E-state index is 12.0. The van der Waals surface area contributed by atoms with Gasteiger partial charge < -0.3 is 14.5 Å². The molecule has 3 rings (SSSR count). The van der Waals surface area contributed by atoms with Gasteiger partial charge >= 0.3 is 5.97 Å². The smallest absolute Gasteiger partial charge is 0.313 e. The van der Waals surface area contributed by atoms with Crippen molar-refractivity contribution in [2.75, 3.05) is 45.2 Å². The summed E-state index contributed by atoms with van der Waals surface area (Å²) in [5.74, 6) is 0.816. The van der Waals surface area contributed by atoms with Crippen molar-refractivity contribution in [2.45, 2.75) is 20.4 Å². The average molecular weight is 447 g/mol. The molecule has 1 aromatic heterocycles. The van der Waals surface area contributed by atoms with Gasteiger partial charge in [-0.15, -0.1) is 12.4 Å². The average Bonchev–Trinajstić information content (AvgIpc) is 2.74. The van der Waals surface area contributed by atoms with Crippen molar-refractivity contribution in [3.63, 3.8) is 0 Å². The summed E-state index contributed by atoms with van der Waals surface area (Å²) in [4.78, 5) is 34.6. The van der Waals surface area contributed by atoms with E-state index in [0.29, 0.717) is 11.3 Å². The van der Waals surface area contributed by atoms with E-state index < -0.39 is 0 Å². The number of amides is 1. The third-order valence-corrected chi connectivity index (χ3v) is 5.12. The lowest BCUT2D eigenvalue weighted by Crippen LogP contribution is -2.46. The first-order chi connectivity index (χ1) is 14.3. The van der Waals surface area contributed by atoms with Gasteiger partial charge in [-0.1, -0.05) is 26.0 Å². The van der Waals surface area contributed by atoms with Gasteiger partial charge in [0, 0.05) is 58.6 Å². The molecule has 1 amide bonds. The SMILES string of the molecule is CC(C)C(=O)Oc1cccnc1N1CCN(Cc2ccc(C(=O)N(C)C)cc2)CC1.Cl. The topological polar surface area (TPSA) is 66.0 Å². The number of piperazine rings is 1. The van der Waals surface area contributed by atoms with Crippen LogP contribution >= 0.6 is 12.4 Å². The monoisotopic (exact) mass is 446 g/mol. The van der Waals surface area contributed by atoms with Gasteiger partial charge in [0.2, 0.25) is 0 Å². The summed E-state index contributed by atoms with van der Waals surface area (Å²) in [6.07, 6.45) is 1.73. The molecule has 1 aliphatic heterocycles. The lowest BCUT2D eigenvalue weighted by molar-refractivity contribution is -0.137. The molecular formula is C23H31ClN4O3. The van der Waals surface area contributed by atoms with Crippen LogP contribution in [0, 0.1) is 5.92 Å². The first kappa shape index (κ1) is 24.6. The quantitative estimate of drug-likeness (QED) is 0.635. The molecule has 1 aliphatic rings. The Kier molecular flexibility index (Phi) is 8.83. The van der Waals surface area contributed by atoms with Crippen molar-refractivity contribution >= 4 is 30.1 Å². The molecular weight excluding hydrogens is 416 g/mol. The fraction of sp³-hybridized carbons (Fsp3) is 0.435. The van der Waals surface area contributed by atoms with E-state index in [-0.39, 0.29) is 30.2 Å². The minimum atomic E-state index is -0.251. The number of anilines is 1. The second kappa shape index (κ2) is 11.1. The van der Waals surface area contributed by atoms with Crippen molar-refractivity contribution < 1.29 is 14.3 Å². The molecule has 8 heteroatoms. The summed E-state index contributed by atoms with van der Waals surface area (Å²) in [6.45, 7) is 7.85. The lowest BCUT2D eigenvalue weighted by Gasteiger charge is -2.35. The Morgan fingerprint density at radius 3 is 2.29 bits per heavy atom. The second-order valence-corrected chi connectivity index (χ2v) is 8.06. The fourth-order valence-corrected chi connectivity index (χ4v) is 3.31. The Morgan fingerprint density at radius 2 is 1.71 bits per heavy atom. The maximum absolute atomic E-state index is 12.0. The normalized spacial score (nSPS) is 14.2. The lowest BCUT2D eigenvalue weighted by atomic mass is 10.1. The van der Waals surface area contributed by atoms with E-state index in [0.717, 1.165) is 38.5 Å². The Morgan fingerprint density at radius 1 is 1.06 bits per heavy atom. The van der Waals surface area contributed by atoms with Crippen LogP contribution in [0.5, 0.6) is 5.75 Å². The van der Waals surface area contributed by atoms with Crippen LogP contribution in [0.2, 0.25) is 0 Å². The van der Waals surface area contributed by atoms with Crippen molar-refractivity contribution in [1.29, 1.82) is 0 Å². The largest absolute Gasteiger partial charge is 0.422 e. The molecule has 168 valence electrons. The third-order valence-electron chi connectivity index (χ3n) is 5.12. The third kappa shape index (κ3) is 6.42. The summed E-state index contributed by atoms with van der Waals surface area (Å²) >= 11 is 0. The molecule has 0 aliphatic carbocycles. The predicted octanol–water partition coefficient (Wildman–Crippen LogP) is 3.09. The van der Waals surface area contributed by atoms with Crippen molar-refractivity contribution in [3.8, 4) is 5.75 Å². The first-order valence-electron chi connectivity index (χ1n) is 10.3. The molecule has 1 saturated heterocycles. The number of carbonyl (C=O) groups is 2. The highest BCUT2D eigenvalue weighted by molar-refractivity contribution is 5.93. The van der Waals surface area contributed by atoms with E-state index >= 15 is 0 Å². The molecule has 0 bridgehead atoms. The molecule has 7 nitrogen and oxygen atoms in total. The molecule has 0 spiro atoms. The summed E-state index contributed by atoms with van der Waals surface area (Å²) in [7, 11) is 3.51. The van der Waals surface area contributed by atoms with Crippen LogP contribution in [-0.2, 0) is 11.3 Å². The number of esters is 1. The van der Waals surface area contributed by atoms with Crippen LogP contribution in [0.3, 0.4) is 0 Å². The van der Waals surface area contributed by atoms with Gasteiger partial charge in [-0.2, -0.15) is 0 Å². The van der Waals surface area contributed by atoms with E-state index in [4.69, 9.17) is 4.74 Å². The van der Waals surface area contributed by atoms with Crippen LogP contribution in [0.25, 0.3) is 0 Å². The number of rotatable bonds is 6. The van der Waals surface area contributed by atoms with E-state index in [1.54, 1.807) is 37.3 Å². The summed E-state index contributed by atoms with van der Waals surface area (Å²) in [5, 5.41) is 0. The Hall–Kier alpha value is -2.64. The molecule has 0 saturated carbocycles. The van der Waals surface area contributed by atoms with E-state index in [1.807, 2.05) is 38.1 Å². The van der Waals surface area contributed by atoms with E-state index in [9.17, 15) is 9.59 Å². The van der Waals surface area contributed by atoms with Gasteiger partial charge in [0.25, 0.3) is 5.91 Å². The summed E-state index contributed by atoms with van der Waals surface area (Å²) in [5.41, 5.74) is 1.88. The molecule has 0 unspecified atom stereocenters. The Labute approximate surface area is 190 Å². The van der Waals surface area contributed by atoms with Gasteiger partial charge in [0.15, 0.2) is 11.6 Å². The highest BCUT2D eigenvalue weighted by Gasteiger charge is 2.22. The van der Waals surface area contributed by atoms with E-state index in [2.05, 4.69) is 14.8 Å². The number of aromatic nitrogens is 1. The Balaban J connectivity index is 0.00000341. The molecule has 0 atom stereocenters. The number of hydrogen-bond donors (Lipinski definition) is 0. The zero-order valence-electron chi connectivity index (χ0n) is 18.6. The molecule has 1 fully saturated rings. The molecule has 0 N–H and O–H groups in total. The zero-order chi connectivity index (χ0) is 21.7. The van der Waals surface area contributed by atoms with Crippen LogP contribution in [0.15, 0.2) is 42.6 Å². The summed E-state index contributed by atoms with van der Waals surface area (Å²) in [6, 6.07) is 11.4. The second-order valence-electron chi connectivity index (χ2n) is 8.06. The number of hydrogen-bond acceptors (Lipinski definition) is 6. The van der Waals surface area contributed by atoms with Crippen molar-refractivity contribution in [2.24, 2.45) is 5.92 Å².